The molecule has 6 nitrogen and oxygen atoms in total. The van der Waals surface area contributed by atoms with Crippen molar-refractivity contribution in [2.45, 2.75) is 49.5 Å². The van der Waals surface area contributed by atoms with Crippen LogP contribution in [0.5, 0.6) is 0 Å². The standard InChI is InChI=1S/C18H21Cl2N3O3S/c1-22(13-6-4-2-3-5-7-13)27(25,26)15-10-8-14(9-11-15)23-18(24)17(20)16(19)12-21-23/h8-13H,2-7H2,1H3. The van der Waals surface area contributed by atoms with Crippen LogP contribution in [0.3, 0.4) is 0 Å². The first kappa shape index (κ1) is 20.3. The van der Waals surface area contributed by atoms with Crippen LogP contribution < -0.4 is 5.56 Å². The van der Waals surface area contributed by atoms with Crippen molar-refractivity contribution in [3.8, 4) is 5.69 Å². The lowest BCUT2D eigenvalue weighted by Gasteiger charge is -2.26. The van der Waals surface area contributed by atoms with Gasteiger partial charge >= 0.3 is 0 Å². The Labute approximate surface area is 168 Å². The first-order chi connectivity index (χ1) is 12.8. The van der Waals surface area contributed by atoms with E-state index in [0.717, 1.165) is 43.2 Å². The van der Waals surface area contributed by atoms with Crippen molar-refractivity contribution in [1.82, 2.24) is 14.1 Å². The van der Waals surface area contributed by atoms with E-state index < -0.39 is 15.6 Å². The Morgan fingerprint density at radius 1 is 1.07 bits per heavy atom. The fourth-order valence-corrected chi connectivity index (χ4v) is 5.01. The molecule has 9 heteroatoms. The van der Waals surface area contributed by atoms with Gasteiger partial charge in [0.2, 0.25) is 10.0 Å². The first-order valence-corrected chi connectivity index (χ1v) is 11.0. The smallest absolute Gasteiger partial charge is 0.266 e. The highest BCUT2D eigenvalue weighted by Gasteiger charge is 2.28. The second-order valence-electron chi connectivity index (χ2n) is 6.68. The molecule has 2 aromatic rings. The Morgan fingerprint density at radius 2 is 1.67 bits per heavy atom. The molecule has 0 unspecified atom stereocenters. The molecule has 27 heavy (non-hydrogen) atoms. The SMILES string of the molecule is CN(C1CCCCCC1)S(=O)(=O)c1ccc(-n2ncc(Cl)c(Cl)c2=O)cc1. The van der Waals surface area contributed by atoms with Crippen LogP contribution in [-0.4, -0.2) is 35.6 Å². The van der Waals surface area contributed by atoms with Crippen LogP contribution in [0.2, 0.25) is 10.0 Å². The Bertz CT molecular complexity index is 966. The van der Waals surface area contributed by atoms with Gasteiger partial charge in [-0.15, -0.1) is 0 Å². The molecule has 3 rings (SSSR count). The monoisotopic (exact) mass is 429 g/mol. The molecule has 0 N–H and O–H groups in total. The van der Waals surface area contributed by atoms with Gasteiger partial charge in [-0.2, -0.15) is 14.1 Å². The summed E-state index contributed by atoms with van der Waals surface area (Å²) in [4.78, 5) is 12.4. The molecule has 0 bridgehead atoms. The van der Waals surface area contributed by atoms with Gasteiger partial charge < -0.3 is 0 Å². The molecule has 0 saturated heterocycles. The molecule has 1 aliphatic carbocycles. The van der Waals surface area contributed by atoms with Crippen LogP contribution in [0.25, 0.3) is 5.69 Å². The van der Waals surface area contributed by atoms with E-state index in [-0.39, 0.29) is 21.0 Å². The first-order valence-electron chi connectivity index (χ1n) is 8.84. The lowest BCUT2D eigenvalue weighted by molar-refractivity contribution is 0.335. The predicted molar refractivity (Wildman–Crippen MR) is 106 cm³/mol. The van der Waals surface area contributed by atoms with Crippen molar-refractivity contribution in [2.75, 3.05) is 7.05 Å². The second kappa shape index (κ2) is 8.31. The van der Waals surface area contributed by atoms with Gasteiger partial charge in [0.05, 0.1) is 21.8 Å². The van der Waals surface area contributed by atoms with Gasteiger partial charge in [-0.05, 0) is 37.1 Å². The van der Waals surface area contributed by atoms with Crippen LogP contribution in [0.15, 0.2) is 40.2 Å². The molecule has 0 amide bonds. The van der Waals surface area contributed by atoms with Crippen molar-refractivity contribution in [3.05, 3.63) is 50.9 Å². The Hall–Kier alpha value is -1.41. The third-order valence-electron chi connectivity index (χ3n) is 4.97. The van der Waals surface area contributed by atoms with Crippen molar-refractivity contribution in [3.63, 3.8) is 0 Å². The van der Waals surface area contributed by atoms with Crippen molar-refractivity contribution < 1.29 is 8.42 Å². The molecule has 0 atom stereocenters. The maximum absolute atomic E-state index is 13.0. The lowest BCUT2D eigenvalue weighted by atomic mass is 10.1. The number of benzene rings is 1. The van der Waals surface area contributed by atoms with Crippen molar-refractivity contribution in [1.29, 1.82) is 0 Å². The molecule has 0 aliphatic heterocycles. The summed E-state index contributed by atoms with van der Waals surface area (Å²) < 4.78 is 28.5. The third-order valence-corrected chi connectivity index (χ3v) is 7.65. The zero-order chi connectivity index (χ0) is 19.6. The summed E-state index contributed by atoms with van der Waals surface area (Å²) >= 11 is 11.7. The quantitative estimate of drug-likeness (QED) is 0.691. The normalized spacial score (nSPS) is 16.4. The number of sulfonamides is 1. The van der Waals surface area contributed by atoms with Crippen LogP contribution >= 0.6 is 23.2 Å². The summed E-state index contributed by atoms with van der Waals surface area (Å²) in [6, 6.07) is 6.05. The molecule has 1 fully saturated rings. The summed E-state index contributed by atoms with van der Waals surface area (Å²) in [5.41, 5.74) is -0.148. The van der Waals surface area contributed by atoms with Gasteiger partial charge in [0, 0.05) is 13.1 Å². The maximum Gasteiger partial charge on any atom is 0.291 e. The van der Waals surface area contributed by atoms with E-state index in [1.54, 1.807) is 7.05 Å². The zero-order valence-electron chi connectivity index (χ0n) is 14.9. The number of hydrogen-bond acceptors (Lipinski definition) is 4. The average molecular weight is 430 g/mol. The second-order valence-corrected chi connectivity index (χ2v) is 9.47. The van der Waals surface area contributed by atoms with Crippen LogP contribution in [-0.2, 0) is 10.0 Å². The van der Waals surface area contributed by atoms with E-state index in [0.29, 0.717) is 5.69 Å². The summed E-state index contributed by atoms with van der Waals surface area (Å²) in [5, 5.41) is 3.89. The topological polar surface area (TPSA) is 72.3 Å². The number of rotatable bonds is 4. The van der Waals surface area contributed by atoms with E-state index in [2.05, 4.69) is 5.10 Å². The molecule has 1 aliphatic rings. The minimum Gasteiger partial charge on any atom is -0.266 e. The Morgan fingerprint density at radius 3 is 2.26 bits per heavy atom. The molecule has 1 aromatic carbocycles. The van der Waals surface area contributed by atoms with E-state index in [4.69, 9.17) is 23.2 Å². The number of nitrogens with zero attached hydrogens (tertiary/aromatic N) is 3. The minimum absolute atomic E-state index is 0.0246. The van der Waals surface area contributed by atoms with Gasteiger partial charge in [-0.3, -0.25) is 4.79 Å². The zero-order valence-corrected chi connectivity index (χ0v) is 17.3. The molecular formula is C18H21Cl2N3O3S. The summed E-state index contributed by atoms with van der Waals surface area (Å²) in [5.74, 6) is 0. The van der Waals surface area contributed by atoms with Gasteiger partial charge in [0.15, 0.2) is 0 Å². The van der Waals surface area contributed by atoms with Gasteiger partial charge in [0.25, 0.3) is 5.56 Å². The molecular weight excluding hydrogens is 409 g/mol. The summed E-state index contributed by atoms with van der Waals surface area (Å²) in [6.45, 7) is 0. The lowest BCUT2D eigenvalue weighted by Crippen LogP contribution is -2.36. The summed E-state index contributed by atoms with van der Waals surface area (Å²) in [7, 11) is -1.96. The van der Waals surface area contributed by atoms with Crippen LogP contribution in [0, 0.1) is 0 Å². The molecule has 1 heterocycles. The van der Waals surface area contributed by atoms with E-state index in [1.165, 1.54) is 34.8 Å². The Balaban J connectivity index is 1.88. The highest BCUT2D eigenvalue weighted by Crippen LogP contribution is 2.26. The number of aromatic nitrogens is 2. The van der Waals surface area contributed by atoms with Gasteiger partial charge in [-0.1, -0.05) is 48.9 Å². The van der Waals surface area contributed by atoms with E-state index in [1.807, 2.05) is 0 Å². The molecule has 0 radical (unpaired) electrons. The molecule has 1 aromatic heterocycles. The highest BCUT2D eigenvalue weighted by molar-refractivity contribution is 7.89. The average Bonchev–Trinajstić information content (AvgIpc) is 2.95. The third kappa shape index (κ3) is 4.21. The van der Waals surface area contributed by atoms with Crippen LogP contribution in [0.4, 0.5) is 0 Å². The van der Waals surface area contributed by atoms with Gasteiger partial charge in [0.1, 0.15) is 5.02 Å². The van der Waals surface area contributed by atoms with Crippen molar-refractivity contribution in [2.24, 2.45) is 0 Å². The molecule has 0 spiro atoms. The van der Waals surface area contributed by atoms with Crippen molar-refractivity contribution >= 4 is 33.2 Å². The van der Waals surface area contributed by atoms with E-state index >= 15 is 0 Å². The molecule has 146 valence electrons. The molecule has 1 saturated carbocycles. The largest absolute Gasteiger partial charge is 0.291 e. The van der Waals surface area contributed by atoms with E-state index in [9.17, 15) is 13.2 Å². The maximum atomic E-state index is 13.0. The fourth-order valence-electron chi connectivity index (χ4n) is 3.34. The van der Waals surface area contributed by atoms with Crippen LogP contribution in [0.1, 0.15) is 38.5 Å². The summed E-state index contributed by atoms with van der Waals surface area (Å²) in [6.07, 6.45) is 7.46. The highest BCUT2D eigenvalue weighted by atomic mass is 35.5. The number of halogens is 2. The van der Waals surface area contributed by atoms with Gasteiger partial charge in [-0.25, -0.2) is 8.42 Å². The fraction of sp³-hybridized carbons (Fsp3) is 0.444. The Kier molecular flexibility index (Phi) is 6.25. The minimum atomic E-state index is -3.60. The number of hydrogen-bond donors (Lipinski definition) is 0. The predicted octanol–water partition coefficient (Wildman–Crippen LogP) is 3.88.